The van der Waals surface area contributed by atoms with Gasteiger partial charge in [-0.1, -0.05) is 13.8 Å². The number of urea groups is 1. The van der Waals surface area contributed by atoms with Gasteiger partial charge in [0.1, 0.15) is 0 Å². The first-order chi connectivity index (χ1) is 10.5. The van der Waals surface area contributed by atoms with Crippen molar-refractivity contribution in [3.05, 3.63) is 11.9 Å². The zero-order chi connectivity index (χ0) is 16.1. The second-order valence-electron chi connectivity index (χ2n) is 6.62. The molecule has 22 heavy (non-hydrogen) atoms. The van der Waals surface area contributed by atoms with Crippen LogP contribution in [0.1, 0.15) is 32.4 Å². The summed E-state index contributed by atoms with van der Waals surface area (Å²) in [6.45, 7) is 10.9. The maximum atomic E-state index is 12.4. The highest BCUT2D eigenvalue weighted by molar-refractivity contribution is 5.89. The van der Waals surface area contributed by atoms with E-state index in [1.807, 2.05) is 16.5 Å². The van der Waals surface area contributed by atoms with Gasteiger partial charge in [0, 0.05) is 26.2 Å². The molecule has 124 valence electrons. The molecule has 1 aromatic heterocycles. The van der Waals surface area contributed by atoms with Gasteiger partial charge in [-0.2, -0.15) is 5.10 Å². The highest BCUT2D eigenvalue weighted by Gasteiger charge is 2.19. The van der Waals surface area contributed by atoms with Gasteiger partial charge < -0.3 is 15.1 Å². The summed E-state index contributed by atoms with van der Waals surface area (Å²) in [5, 5.41) is 7.41. The van der Waals surface area contributed by atoms with Gasteiger partial charge in [0.2, 0.25) is 0 Å². The summed E-state index contributed by atoms with van der Waals surface area (Å²) < 4.78 is 1.98. The first-order valence-corrected chi connectivity index (χ1v) is 8.24. The van der Waals surface area contributed by atoms with Gasteiger partial charge in [0.15, 0.2) is 0 Å². The molecule has 6 nitrogen and oxygen atoms in total. The third kappa shape index (κ3) is 4.47. The van der Waals surface area contributed by atoms with Gasteiger partial charge in [0.05, 0.1) is 17.6 Å². The molecule has 0 aliphatic carbocycles. The van der Waals surface area contributed by atoms with Crippen molar-refractivity contribution in [3.8, 4) is 0 Å². The van der Waals surface area contributed by atoms with Gasteiger partial charge in [-0.05, 0) is 39.3 Å². The Balaban J connectivity index is 1.94. The number of likely N-dealkylation sites (N-methyl/N-ethyl adjacent to an activating group) is 1. The van der Waals surface area contributed by atoms with Crippen molar-refractivity contribution in [1.82, 2.24) is 19.6 Å². The standard InChI is InChI=1S/C16H29N5O/c1-13(2)6-9-21-14(3)15(12-17-21)18-16(22)20-8-5-7-19(4)10-11-20/h12-13H,5-11H2,1-4H3,(H,18,22). The van der Waals surface area contributed by atoms with Crippen LogP contribution in [0, 0.1) is 12.8 Å². The molecule has 0 spiro atoms. The Bertz CT molecular complexity index is 497. The zero-order valence-electron chi connectivity index (χ0n) is 14.3. The van der Waals surface area contributed by atoms with Crippen molar-refractivity contribution < 1.29 is 4.79 Å². The fourth-order valence-corrected chi connectivity index (χ4v) is 2.62. The lowest BCUT2D eigenvalue weighted by molar-refractivity contribution is 0.213. The molecule has 0 radical (unpaired) electrons. The van der Waals surface area contributed by atoms with E-state index in [0.29, 0.717) is 5.92 Å². The molecule has 1 aliphatic heterocycles. The number of carbonyl (C=O) groups excluding carboxylic acids is 1. The van der Waals surface area contributed by atoms with E-state index in [1.165, 1.54) is 0 Å². The number of carbonyl (C=O) groups is 1. The van der Waals surface area contributed by atoms with Crippen LogP contribution in [-0.4, -0.2) is 58.8 Å². The van der Waals surface area contributed by atoms with Crippen molar-refractivity contribution >= 4 is 11.7 Å². The molecule has 1 aliphatic rings. The first kappa shape index (κ1) is 16.8. The van der Waals surface area contributed by atoms with Crippen LogP contribution in [0.3, 0.4) is 0 Å². The number of amides is 2. The Morgan fingerprint density at radius 3 is 2.82 bits per heavy atom. The molecule has 0 unspecified atom stereocenters. The van der Waals surface area contributed by atoms with E-state index in [-0.39, 0.29) is 6.03 Å². The summed E-state index contributed by atoms with van der Waals surface area (Å²) in [4.78, 5) is 16.6. The van der Waals surface area contributed by atoms with Crippen LogP contribution in [0.15, 0.2) is 6.20 Å². The Kier molecular flexibility index (Phi) is 5.83. The number of aryl methyl sites for hydroxylation is 1. The third-order valence-corrected chi connectivity index (χ3v) is 4.27. The van der Waals surface area contributed by atoms with Gasteiger partial charge in [-0.15, -0.1) is 0 Å². The highest BCUT2D eigenvalue weighted by atomic mass is 16.2. The molecule has 6 heteroatoms. The van der Waals surface area contributed by atoms with Crippen LogP contribution in [0.25, 0.3) is 0 Å². The molecule has 0 bridgehead atoms. The monoisotopic (exact) mass is 307 g/mol. The Labute approximate surface area is 133 Å². The van der Waals surface area contributed by atoms with E-state index in [0.717, 1.165) is 56.9 Å². The average molecular weight is 307 g/mol. The predicted octanol–water partition coefficient (Wildman–Crippen LogP) is 2.41. The Morgan fingerprint density at radius 2 is 2.09 bits per heavy atom. The second-order valence-corrected chi connectivity index (χ2v) is 6.62. The van der Waals surface area contributed by atoms with E-state index >= 15 is 0 Å². The number of anilines is 1. The summed E-state index contributed by atoms with van der Waals surface area (Å²) in [7, 11) is 2.10. The fraction of sp³-hybridized carbons (Fsp3) is 0.750. The van der Waals surface area contributed by atoms with Crippen LogP contribution >= 0.6 is 0 Å². The highest BCUT2D eigenvalue weighted by Crippen LogP contribution is 2.16. The van der Waals surface area contributed by atoms with Gasteiger partial charge >= 0.3 is 6.03 Å². The van der Waals surface area contributed by atoms with Crippen molar-refractivity contribution in [2.75, 3.05) is 38.5 Å². The zero-order valence-corrected chi connectivity index (χ0v) is 14.3. The van der Waals surface area contributed by atoms with Crippen LogP contribution in [-0.2, 0) is 6.54 Å². The van der Waals surface area contributed by atoms with E-state index < -0.39 is 0 Å². The SMILES string of the molecule is Cc1c(NC(=O)N2CCCN(C)CC2)cnn1CCC(C)C. The van der Waals surface area contributed by atoms with Crippen LogP contribution in [0.2, 0.25) is 0 Å². The number of rotatable bonds is 4. The average Bonchev–Trinajstić information content (AvgIpc) is 2.67. The summed E-state index contributed by atoms with van der Waals surface area (Å²) in [6.07, 6.45) is 3.88. The molecule has 1 fully saturated rings. The third-order valence-electron chi connectivity index (χ3n) is 4.27. The molecule has 0 saturated carbocycles. The van der Waals surface area contributed by atoms with Crippen molar-refractivity contribution in [2.24, 2.45) is 5.92 Å². The number of hydrogen-bond donors (Lipinski definition) is 1. The van der Waals surface area contributed by atoms with Gasteiger partial charge in [0.25, 0.3) is 0 Å². The smallest absolute Gasteiger partial charge is 0.321 e. The van der Waals surface area contributed by atoms with E-state index in [2.05, 4.69) is 36.2 Å². The molecule has 0 aromatic carbocycles. The maximum Gasteiger partial charge on any atom is 0.321 e. The second kappa shape index (κ2) is 7.63. The topological polar surface area (TPSA) is 53.4 Å². The summed E-state index contributed by atoms with van der Waals surface area (Å²) in [6, 6.07) is -0.0122. The van der Waals surface area contributed by atoms with E-state index in [9.17, 15) is 4.79 Å². The molecular formula is C16H29N5O. The van der Waals surface area contributed by atoms with E-state index in [1.54, 1.807) is 6.20 Å². The molecular weight excluding hydrogens is 278 g/mol. The number of aromatic nitrogens is 2. The van der Waals surface area contributed by atoms with Crippen LogP contribution in [0.5, 0.6) is 0 Å². The van der Waals surface area contributed by atoms with Crippen molar-refractivity contribution in [2.45, 2.75) is 40.2 Å². The lowest BCUT2D eigenvalue weighted by Gasteiger charge is -2.20. The first-order valence-electron chi connectivity index (χ1n) is 8.24. The molecule has 1 saturated heterocycles. The number of nitrogens with zero attached hydrogens (tertiary/aromatic N) is 4. The predicted molar refractivity (Wildman–Crippen MR) is 89.1 cm³/mol. The lowest BCUT2D eigenvalue weighted by Crippen LogP contribution is -2.37. The van der Waals surface area contributed by atoms with Crippen LogP contribution < -0.4 is 5.32 Å². The van der Waals surface area contributed by atoms with Gasteiger partial charge in [-0.3, -0.25) is 4.68 Å². The summed E-state index contributed by atoms with van der Waals surface area (Å²) in [5.41, 5.74) is 1.85. The molecule has 1 N–H and O–H groups in total. The van der Waals surface area contributed by atoms with Gasteiger partial charge in [-0.25, -0.2) is 4.79 Å². The maximum absolute atomic E-state index is 12.4. The minimum absolute atomic E-state index is 0.0122. The Morgan fingerprint density at radius 1 is 1.32 bits per heavy atom. The molecule has 1 aromatic rings. The normalized spacial score (nSPS) is 16.9. The molecule has 2 amide bonds. The molecule has 2 rings (SSSR count). The largest absolute Gasteiger partial charge is 0.323 e. The molecule has 0 atom stereocenters. The minimum atomic E-state index is -0.0122. The number of hydrogen-bond acceptors (Lipinski definition) is 3. The van der Waals surface area contributed by atoms with Crippen molar-refractivity contribution in [1.29, 1.82) is 0 Å². The fourth-order valence-electron chi connectivity index (χ4n) is 2.62. The van der Waals surface area contributed by atoms with E-state index in [4.69, 9.17) is 0 Å². The lowest BCUT2D eigenvalue weighted by atomic mass is 10.1. The quantitative estimate of drug-likeness (QED) is 0.929. The Hall–Kier alpha value is -1.56. The minimum Gasteiger partial charge on any atom is -0.323 e. The summed E-state index contributed by atoms with van der Waals surface area (Å²) >= 11 is 0. The number of nitrogens with one attached hydrogen (secondary N) is 1. The molecule has 2 heterocycles. The summed E-state index contributed by atoms with van der Waals surface area (Å²) in [5.74, 6) is 0.649. The van der Waals surface area contributed by atoms with Crippen molar-refractivity contribution in [3.63, 3.8) is 0 Å². The van der Waals surface area contributed by atoms with Crippen LogP contribution in [0.4, 0.5) is 10.5 Å².